The van der Waals surface area contributed by atoms with Gasteiger partial charge >= 0.3 is 0 Å². The molecule has 1 saturated heterocycles. The van der Waals surface area contributed by atoms with Crippen molar-refractivity contribution in [2.24, 2.45) is 11.7 Å². The van der Waals surface area contributed by atoms with Crippen molar-refractivity contribution in [3.63, 3.8) is 0 Å². The molecule has 31 heavy (non-hydrogen) atoms. The molecular formula is C20H21Cl2N3O5S. The first-order valence-electron chi connectivity index (χ1n) is 9.43. The summed E-state index contributed by atoms with van der Waals surface area (Å²) >= 11 is 11.8. The second-order valence-electron chi connectivity index (χ2n) is 7.08. The fourth-order valence-electron chi connectivity index (χ4n) is 3.19. The van der Waals surface area contributed by atoms with Crippen molar-refractivity contribution in [1.29, 1.82) is 0 Å². The molecule has 3 rings (SSSR count). The number of nitrogens with zero attached hydrogens (tertiary/aromatic N) is 1. The highest BCUT2D eigenvalue weighted by atomic mass is 35.5. The number of hydrogen-bond donors (Lipinski definition) is 2. The van der Waals surface area contributed by atoms with E-state index < -0.39 is 10.0 Å². The molecule has 2 aromatic carbocycles. The molecule has 2 aromatic rings. The lowest BCUT2D eigenvalue weighted by atomic mass is 9.96. The van der Waals surface area contributed by atoms with E-state index in [0.717, 1.165) is 0 Å². The van der Waals surface area contributed by atoms with Crippen molar-refractivity contribution < 1.29 is 22.7 Å². The number of hydrogen-bond acceptors (Lipinski definition) is 5. The lowest BCUT2D eigenvalue weighted by molar-refractivity contribution is -0.136. The van der Waals surface area contributed by atoms with Crippen LogP contribution in [0.25, 0.3) is 0 Å². The van der Waals surface area contributed by atoms with Gasteiger partial charge in [-0.3, -0.25) is 14.3 Å². The van der Waals surface area contributed by atoms with Gasteiger partial charge in [-0.2, -0.15) is 0 Å². The minimum absolute atomic E-state index is 0.01000. The topological polar surface area (TPSA) is 119 Å². The molecule has 0 saturated carbocycles. The van der Waals surface area contributed by atoms with E-state index in [4.69, 9.17) is 33.7 Å². The van der Waals surface area contributed by atoms with Gasteiger partial charge in [0.1, 0.15) is 5.75 Å². The minimum atomic E-state index is -3.86. The van der Waals surface area contributed by atoms with E-state index in [1.165, 1.54) is 42.5 Å². The maximum atomic E-state index is 12.6. The lowest BCUT2D eigenvalue weighted by Crippen LogP contribution is -2.43. The van der Waals surface area contributed by atoms with E-state index in [1.807, 2.05) is 0 Å². The van der Waals surface area contributed by atoms with Crippen LogP contribution in [0.3, 0.4) is 0 Å². The van der Waals surface area contributed by atoms with E-state index in [2.05, 4.69) is 4.72 Å². The average molecular weight is 486 g/mol. The molecule has 0 aromatic heterocycles. The molecule has 0 bridgehead atoms. The summed E-state index contributed by atoms with van der Waals surface area (Å²) in [5.41, 5.74) is 5.54. The fourth-order valence-corrected chi connectivity index (χ4v) is 4.76. The first kappa shape index (κ1) is 23.2. The first-order chi connectivity index (χ1) is 14.6. The lowest BCUT2D eigenvalue weighted by Gasteiger charge is -2.30. The largest absolute Gasteiger partial charge is 0.484 e. The summed E-state index contributed by atoms with van der Waals surface area (Å²) in [4.78, 5) is 25.1. The zero-order chi connectivity index (χ0) is 22.6. The average Bonchev–Trinajstić information content (AvgIpc) is 2.71. The molecule has 0 spiro atoms. The summed E-state index contributed by atoms with van der Waals surface area (Å²) in [5.74, 6) is -0.397. The van der Waals surface area contributed by atoms with Crippen LogP contribution in [0.4, 0.5) is 5.69 Å². The maximum absolute atomic E-state index is 12.6. The van der Waals surface area contributed by atoms with E-state index >= 15 is 0 Å². The molecule has 0 radical (unpaired) electrons. The number of piperidine rings is 1. The number of rotatable bonds is 7. The van der Waals surface area contributed by atoms with Gasteiger partial charge in [0.2, 0.25) is 5.91 Å². The third-order valence-corrected chi connectivity index (χ3v) is 6.69. The van der Waals surface area contributed by atoms with E-state index in [1.54, 1.807) is 4.90 Å². The summed E-state index contributed by atoms with van der Waals surface area (Å²) in [6.07, 6.45) is 1.08. The number of primary amides is 1. The summed E-state index contributed by atoms with van der Waals surface area (Å²) in [6, 6.07) is 10.0. The third-order valence-electron chi connectivity index (χ3n) is 4.86. The zero-order valence-corrected chi connectivity index (χ0v) is 18.7. The van der Waals surface area contributed by atoms with Crippen molar-refractivity contribution in [1.82, 2.24) is 4.90 Å². The molecular weight excluding hydrogens is 465 g/mol. The Bertz CT molecular complexity index is 1050. The number of nitrogens with two attached hydrogens (primary N) is 1. The number of likely N-dealkylation sites (tertiary alicyclic amines) is 1. The van der Waals surface area contributed by atoms with Crippen molar-refractivity contribution in [3.05, 3.63) is 52.5 Å². The maximum Gasteiger partial charge on any atom is 0.261 e. The predicted molar refractivity (Wildman–Crippen MR) is 118 cm³/mol. The Morgan fingerprint density at radius 1 is 1.06 bits per heavy atom. The van der Waals surface area contributed by atoms with E-state index in [0.29, 0.717) is 41.7 Å². The Labute approximate surface area is 190 Å². The number of benzene rings is 2. The van der Waals surface area contributed by atoms with Crippen LogP contribution < -0.4 is 15.2 Å². The Hall–Kier alpha value is -2.49. The van der Waals surface area contributed by atoms with Crippen molar-refractivity contribution in [3.8, 4) is 5.75 Å². The van der Waals surface area contributed by atoms with Gasteiger partial charge in [0.05, 0.1) is 10.6 Å². The van der Waals surface area contributed by atoms with Crippen LogP contribution in [0.15, 0.2) is 47.4 Å². The Morgan fingerprint density at radius 2 is 1.65 bits per heavy atom. The predicted octanol–water partition coefficient (Wildman–Crippen LogP) is 2.90. The number of ether oxygens (including phenoxy) is 1. The standard InChI is InChI=1S/C20H21Cl2N3O5S/c21-14-9-15(22)11-16(10-14)24-31(28,29)18-3-1-17(2-4-18)30-12-19(26)25-7-5-13(6-8-25)20(23)27/h1-4,9-11,13,24H,5-8,12H2,(H2,23,27). The SMILES string of the molecule is NC(=O)C1CCN(C(=O)COc2ccc(S(=O)(=O)Nc3cc(Cl)cc(Cl)c3)cc2)CC1. The van der Waals surface area contributed by atoms with Crippen molar-refractivity contribution in [2.45, 2.75) is 17.7 Å². The summed E-state index contributed by atoms with van der Waals surface area (Å²) in [6.45, 7) is 0.713. The number of anilines is 1. The molecule has 8 nitrogen and oxygen atoms in total. The molecule has 11 heteroatoms. The number of carbonyl (C=O) groups is 2. The van der Waals surface area contributed by atoms with Crippen molar-refractivity contribution >= 4 is 50.7 Å². The van der Waals surface area contributed by atoms with Crippen LogP contribution in [0.2, 0.25) is 10.0 Å². The van der Waals surface area contributed by atoms with Gasteiger partial charge in [-0.05, 0) is 55.3 Å². The van der Waals surface area contributed by atoms with Gasteiger partial charge in [0, 0.05) is 29.1 Å². The quantitative estimate of drug-likeness (QED) is 0.624. The minimum Gasteiger partial charge on any atom is -0.484 e. The highest BCUT2D eigenvalue weighted by molar-refractivity contribution is 7.92. The molecule has 1 heterocycles. The van der Waals surface area contributed by atoms with Gasteiger partial charge in [0.15, 0.2) is 6.61 Å². The van der Waals surface area contributed by atoms with Crippen LogP contribution in [-0.4, -0.2) is 44.8 Å². The monoisotopic (exact) mass is 485 g/mol. The molecule has 0 atom stereocenters. The Balaban J connectivity index is 1.56. The Morgan fingerprint density at radius 3 is 2.19 bits per heavy atom. The second-order valence-corrected chi connectivity index (χ2v) is 9.64. The van der Waals surface area contributed by atoms with Crippen LogP contribution in [0.1, 0.15) is 12.8 Å². The first-order valence-corrected chi connectivity index (χ1v) is 11.7. The van der Waals surface area contributed by atoms with Gasteiger partial charge in [-0.15, -0.1) is 0 Å². The molecule has 3 N–H and O–H groups in total. The summed E-state index contributed by atoms with van der Waals surface area (Å²) in [5, 5.41) is 0.606. The molecule has 1 aliphatic rings. The highest BCUT2D eigenvalue weighted by Crippen LogP contribution is 2.25. The Kier molecular flexibility index (Phi) is 7.30. The van der Waals surface area contributed by atoms with Gasteiger partial charge in [-0.25, -0.2) is 8.42 Å². The number of nitrogens with one attached hydrogen (secondary N) is 1. The van der Waals surface area contributed by atoms with Crippen molar-refractivity contribution in [2.75, 3.05) is 24.4 Å². The van der Waals surface area contributed by atoms with Crippen LogP contribution in [0, 0.1) is 5.92 Å². The molecule has 1 aliphatic heterocycles. The summed E-state index contributed by atoms with van der Waals surface area (Å²) < 4.78 is 33.0. The van der Waals surface area contributed by atoms with Crippen LogP contribution in [0.5, 0.6) is 5.75 Å². The number of halogens is 2. The van der Waals surface area contributed by atoms with E-state index in [9.17, 15) is 18.0 Å². The summed E-state index contributed by atoms with van der Waals surface area (Å²) in [7, 11) is -3.86. The fraction of sp³-hybridized carbons (Fsp3) is 0.300. The number of sulfonamides is 1. The molecule has 0 unspecified atom stereocenters. The molecule has 0 aliphatic carbocycles. The number of amides is 2. The number of carbonyl (C=O) groups excluding carboxylic acids is 2. The highest BCUT2D eigenvalue weighted by Gasteiger charge is 2.26. The van der Waals surface area contributed by atoms with Gasteiger partial charge in [-0.1, -0.05) is 23.2 Å². The molecule has 2 amide bonds. The van der Waals surface area contributed by atoms with Gasteiger partial charge < -0.3 is 15.4 Å². The molecule has 1 fully saturated rings. The van der Waals surface area contributed by atoms with Crippen LogP contribution in [-0.2, 0) is 19.6 Å². The van der Waals surface area contributed by atoms with Gasteiger partial charge in [0.25, 0.3) is 15.9 Å². The van der Waals surface area contributed by atoms with E-state index in [-0.39, 0.29) is 34.9 Å². The normalized spacial score (nSPS) is 14.8. The third kappa shape index (κ3) is 6.25. The second kappa shape index (κ2) is 9.76. The smallest absolute Gasteiger partial charge is 0.261 e. The zero-order valence-electron chi connectivity index (χ0n) is 16.4. The van der Waals surface area contributed by atoms with Crippen LogP contribution >= 0.6 is 23.2 Å². The molecule has 166 valence electrons.